The third-order valence-corrected chi connectivity index (χ3v) is 3.10. The number of para-hydroxylation sites is 1. The van der Waals surface area contributed by atoms with E-state index in [0.29, 0.717) is 6.04 Å². The van der Waals surface area contributed by atoms with Gasteiger partial charge in [-0.2, -0.15) is 0 Å². The summed E-state index contributed by atoms with van der Waals surface area (Å²) in [5.41, 5.74) is 2.71. The molecule has 1 aromatic rings. The molecule has 0 aromatic heterocycles. The number of fused-ring (bicyclic) bond motifs is 1. The van der Waals surface area contributed by atoms with Crippen LogP contribution >= 0.6 is 0 Å². The zero-order valence-corrected chi connectivity index (χ0v) is 10.2. The van der Waals surface area contributed by atoms with Gasteiger partial charge in [0.25, 0.3) is 0 Å². The summed E-state index contributed by atoms with van der Waals surface area (Å²) < 4.78 is 0. The number of anilines is 1. The molecular formula is C15H20N2. The Morgan fingerprint density at radius 2 is 1.94 bits per heavy atom. The first-order chi connectivity index (χ1) is 8.33. The van der Waals surface area contributed by atoms with E-state index in [9.17, 15) is 0 Å². The van der Waals surface area contributed by atoms with Gasteiger partial charge in [-0.3, -0.25) is 4.90 Å². The molecule has 0 amide bonds. The fourth-order valence-corrected chi connectivity index (χ4v) is 2.39. The molecule has 0 aliphatic carbocycles. The number of rotatable bonds is 6. The van der Waals surface area contributed by atoms with Crippen molar-refractivity contribution in [2.24, 2.45) is 0 Å². The molecule has 1 aliphatic rings. The fraction of sp³-hybridized carbons (Fsp3) is 0.333. The molecule has 0 saturated carbocycles. The van der Waals surface area contributed by atoms with E-state index in [1.54, 1.807) is 0 Å². The van der Waals surface area contributed by atoms with Gasteiger partial charge in [0, 0.05) is 31.4 Å². The lowest BCUT2D eigenvalue weighted by molar-refractivity contribution is 0.320. The van der Waals surface area contributed by atoms with Crippen molar-refractivity contribution >= 4 is 5.69 Å². The standard InChI is InChI=1S/C15H20N2/c1-3-9-17(10-4-2)12-14-11-13-7-5-6-8-15(13)16-14/h3-8,14,16H,1-2,9-12H2. The van der Waals surface area contributed by atoms with Gasteiger partial charge in [-0.25, -0.2) is 0 Å². The van der Waals surface area contributed by atoms with Crippen LogP contribution in [0.25, 0.3) is 0 Å². The average molecular weight is 228 g/mol. The molecule has 1 N–H and O–H groups in total. The predicted molar refractivity (Wildman–Crippen MR) is 74.4 cm³/mol. The first-order valence-electron chi connectivity index (χ1n) is 6.12. The average Bonchev–Trinajstić information content (AvgIpc) is 2.71. The van der Waals surface area contributed by atoms with E-state index < -0.39 is 0 Å². The molecule has 2 rings (SSSR count). The molecule has 0 saturated heterocycles. The number of hydrogen-bond acceptors (Lipinski definition) is 2. The summed E-state index contributed by atoms with van der Waals surface area (Å²) >= 11 is 0. The van der Waals surface area contributed by atoms with Crippen LogP contribution in [0.2, 0.25) is 0 Å². The van der Waals surface area contributed by atoms with Gasteiger partial charge in [-0.1, -0.05) is 30.4 Å². The molecule has 17 heavy (non-hydrogen) atoms. The Hall–Kier alpha value is -1.54. The van der Waals surface area contributed by atoms with Crippen LogP contribution < -0.4 is 5.32 Å². The predicted octanol–water partition coefficient (Wildman–Crippen LogP) is 2.70. The van der Waals surface area contributed by atoms with Crippen LogP contribution in [0.1, 0.15) is 5.56 Å². The molecular weight excluding hydrogens is 208 g/mol. The first-order valence-corrected chi connectivity index (χ1v) is 6.12. The molecule has 1 aromatic carbocycles. The molecule has 1 unspecified atom stereocenters. The summed E-state index contributed by atoms with van der Waals surface area (Å²) in [6.07, 6.45) is 5.01. The second kappa shape index (κ2) is 5.69. The number of nitrogens with one attached hydrogen (secondary N) is 1. The minimum atomic E-state index is 0.507. The van der Waals surface area contributed by atoms with E-state index in [4.69, 9.17) is 0 Å². The van der Waals surface area contributed by atoms with Crippen molar-refractivity contribution in [2.75, 3.05) is 25.0 Å². The van der Waals surface area contributed by atoms with Crippen LogP contribution in [0.3, 0.4) is 0 Å². The van der Waals surface area contributed by atoms with Gasteiger partial charge in [-0.15, -0.1) is 13.2 Å². The second-order valence-electron chi connectivity index (χ2n) is 4.50. The Morgan fingerprint density at radius 3 is 2.59 bits per heavy atom. The quantitative estimate of drug-likeness (QED) is 0.753. The van der Waals surface area contributed by atoms with Crippen molar-refractivity contribution in [2.45, 2.75) is 12.5 Å². The Kier molecular flexibility index (Phi) is 3.99. The van der Waals surface area contributed by atoms with Gasteiger partial charge in [-0.05, 0) is 18.1 Å². The molecule has 2 nitrogen and oxygen atoms in total. The van der Waals surface area contributed by atoms with Gasteiger partial charge in [0.15, 0.2) is 0 Å². The molecule has 0 spiro atoms. The van der Waals surface area contributed by atoms with Crippen molar-refractivity contribution < 1.29 is 0 Å². The molecule has 1 heterocycles. The van der Waals surface area contributed by atoms with E-state index in [1.807, 2.05) is 12.2 Å². The second-order valence-corrected chi connectivity index (χ2v) is 4.50. The van der Waals surface area contributed by atoms with Crippen molar-refractivity contribution in [3.63, 3.8) is 0 Å². The summed E-state index contributed by atoms with van der Waals surface area (Å²) in [5, 5.41) is 3.57. The lowest BCUT2D eigenvalue weighted by atomic mass is 10.1. The third-order valence-electron chi connectivity index (χ3n) is 3.10. The maximum atomic E-state index is 3.80. The van der Waals surface area contributed by atoms with E-state index in [0.717, 1.165) is 26.1 Å². The molecule has 0 bridgehead atoms. The fourth-order valence-electron chi connectivity index (χ4n) is 2.39. The summed E-state index contributed by atoms with van der Waals surface area (Å²) in [4.78, 5) is 2.35. The van der Waals surface area contributed by atoms with Crippen molar-refractivity contribution in [1.82, 2.24) is 4.90 Å². The van der Waals surface area contributed by atoms with E-state index in [2.05, 4.69) is 47.6 Å². The van der Waals surface area contributed by atoms with Crippen LogP contribution in [-0.4, -0.2) is 30.6 Å². The van der Waals surface area contributed by atoms with Crippen molar-refractivity contribution in [3.8, 4) is 0 Å². The van der Waals surface area contributed by atoms with Crippen molar-refractivity contribution in [3.05, 3.63) is 55.1 Å². The summed E-state index contributed by atoms with van der Waals surface area (Å²) in [7, 11) is 0. The minimum absolute atomic E-state index is 0.507. The molecule has 2 heteroatoms. The number of benzene rings is 1. The Bertz CT molecular complexity index is 363. The topological polar surface area (TPSA) is 15.3 Å². The zero-order valence-electron chi connectivity index (χ0n) is 10.2. The van der Waals surface area contributed by atoms with Gasteiger partial charge in [0.2, 0.25) is 0 Å². The lowest BCUT2D eigenvalue weighted by Crippen LogP contribution is -2.35. The highest BCUT2D eigenvalue weighted by molar-refractivity contribution is 5.56. The van der Waals surface area contributed by atoms with Gasteiger partial charge in [0.05, 0.1) is 0 Å². The normalized spacial score (nSPS) is 17.6. The Balaban J connectivity index is 1.93. The maximum absolute atomic E-state index is 3.80. The monoisotopic (exact) mass is 228 g/mol. The molecule has 0 radical (unpaired) electrons. The largest absolute Gasteiger partial charge is 0.380 e. The van der Waals surface area contributed by atoms with Gasteiger partial charge < -0.3 is 5.32 Å². The smallest absolute Gasteiger partial charge is 0.0429 e. The first kappa shape index (κ1) is 11.9. The van der Waals surface area contributed by atoms with Crippen LogP contribution in [0.5, 0.6) is 0 Å². The van der Waals surface area contributed by atoms with E-state index in [1.165, 1.54) is 11.3 Å². The summed E-state index contributed by atoms with van der Waals surface area (Å²) in [6, 6.07) is 9.05. The third kappa shape index (κ3) is 2.98. The van der Waals surface area contributed by atoms with Crippen LogP contribution in [0, 0.1) is 0 Å². The minimum Gasteiger partial charge on any atom is -0.380 e. The number of hydrogen-bond donors (Lipinski definition) is 1. The summed E-state index contributed by atoms with van der Waals surface area (Å²) in [5.74, 6) is 0. The summed E-state index contributed by atoms with van der Waals surface area (Å²) in [6.45, 7) is 10.5. The van der Waals surface area contributed by atoms with Gasteiger partial charge in [0.1, 0.15) is 0 Å². The lowest BCUT2D eigenvalue weighted by Gasteiger charge is -2.23. The Morgan fingerprint density at radius 1 is 1.24 bits per heavy atom. The maximum Gasteiger partial charge on any atom is 0.0429 e. The van der Waals surface area contributed by atoms with E-state index in [-0.39, 0.29) is 0 Å². The van der Waals surface area contributed by atoms with Crippen LogP contribution in [0.15, 0.2) is 49.6 Å². The van der Waals surface area contributed by atoms with E-state index >= 15 is 0 Å². The zero-order chi connectivity index (χ0) is 12.1. The molecule has 0 fully saturated rings. The van der Waals surface area contributed by atoms with Crippen LogP contribution in [0.4, 0.5) is 5.69 Å². The van der Waals surface area contributed by atoms with Gasteiger partial charge >= 0.3 is 0 Å². The number of nitrogens with zero attached hydrogens (tertiary/aromatic N) is 1. The highest BCUT2D eigenvalue weighted by Gasteiger charge is 2.21. The SMILES string of the molecule is C=CCN(CC=C)CC1Cc2ccccc2N1. The highest BCUT2D eigenvalue weighted by Crippen LogP contribution is 2.25. The van der Waals surface area contributed by atoms with Crippen molar-refractivity contribution in [1.29, 1.82) is 0 Å². The molecule has 90 valence electrons. The van der Waals surface area contributed by atoms with Crippen LogP contribution in [-0.2, 0) is 6.42 Å². The highest BCUT2D eigenvalue weighted by atomic mass is 15.1. The molecule has 1 atom stereocenters. The molecule has 1 aliphatic heterocycles. The Labute approximate surface area is 104 Å².